The fraction of sp³-hybridized carbons (Fsp3) is 0.867. The van der Waals surface area contributed by atoms with Gasteiger partial charge in [-0.3, -0.25) is 9.59 Å². The van der Waals surface area contributed by atoms with Gasteiger partial charge in [-0.05, 0) is 18.9 Å². The molecule has 20 heavy (non-hydrogen) atoms. The summed E-state index contributed by atoms with van der Waals surface area (Å²) in [6, 6.07) is 0. The quantitative estimate of drug-likeness (QED) is 0.578. The highest BCUT2D eigenvalue weighted by atomic mass is 16.5. The first kappa shape index (κ1) is 17.0. The highest BCUT2D eigenvalue weighted by molar-refractivity contribution is 5.98. The molecule has 1 saturated heterocycles. The van der Waals surface area contributed by atoms with E-state index in [9.17, 15) is 9.59 Å². The van der Waals surface area contributed by atoms with E-state index in [4.69, 9.17) is 4.74 Å². The number of hydrogen-bond donors (Lipinski definition) is 0. The van der Waals surface area contributed by atoms with Crippen molar-refractivity contribution in [3.63, 3.8) is 0 Å². The third kappa shape index (κ3) is 4.20. The van der Waals surface area contributed by atoms with Crippen LogP contribution in [0.25, 0.3) is 0 Å². The summed E-state index contributed by atoms with van der Waals surface area (Å²) in [5.41, 5.74) is -0.425. The first-order valence-corrected chi connectivity index (χ1v) is 7.49. The second kappa shape index (κ2) is 7.07. The summed E-state index contributed by atoms with van der Waals surface area (Å²) in [5.74, 6) is -1.20. The van der Waals surface area contributed by atoms with Crippen LogP contribution in [0.4, 0.5) is 0 Å². The standard InChI is InChI=1S/C15H28N2O3/c1-6-16-8-10-17(11-9-16)13(18)12(15(3,4)5)14(19)20-7-2/h12H,6-11H2,1-5H3. The van der Waals surface area contributed by atoms with E-state index in [2.05, 4.69) is 11.8 Å². The molecule has 0 saturated carbocycles. The number of rotatable bonds is 4. The number of likely N-dealkylation sites (N-methyl/N-ethyl adjacent to an activating group) is 1. The van der Waals surface area contributed by atoms with E-state index in [0.29, 0.717) is 19.7 Å². The number of esters is 1. The lowest BCUT2D eigenvalue weighted by Crippen LogP contribution is -2.53. The Balaban J connectivity index is 2.77. The van der Waals surface area contributed by atoms with Crippen molar-refractivity contribution < 1.29 is 14.3 Å². The van der Waals surface area contributed by atoms with Crippen LogP contribution in [0.3, 0.4) is 0 Å². The molecule has 5 heteroatoms. The zero-order valence-electron chi connectivity index (χ0n) is 13.4. The van der Waals surface area contributed by atoms with E-state index in [0.717, 1.165) is 19.6 Å². The number of ether oxygens (including phenoxy) is 1. The van der Waals surface area contributed by atoms with Gasteiger partial charge >= 0.3 is 5.97 Å². The smallest absolute Gasteiger partial charge is 0.319 e. The molecule has 0 aliphatic carbocycles. The van der Waals surface area contributed by atoms with Gasteiger partial charge in [-0.15, -0.1) is 0 Å². The highest BCUT2D eigenvalue weighted by Crippen LogP contribution is 2.29. The van der Waals surface area contributed by atoms with Crippen molar-refractivity contribution in [1.29, 1.82) is 0 Å². The Labute approximate surface area is 122 Å². The van der Waals surface area contributed by atoms with E-state index in [-0.39, 0.29) is 5.91 Å². The molecule has 0 radical (unpaired) electrons. The van der Waals surface area contributed by atoms with Crippen molar-refractivity contribution in [1.82, 2.24) is 9.80 Å². The Kier molecular flexibility index (Phi) is 5.99. The Morgan fingerprint density at radius 2 is 1.65 bits per heavy atom. The first-order chi connectivity index (χ1) is 9.31. The summed E-state index contributed by atoms with van der Waals surface area (Å²) in [6.45, 7) is 14.1. The van der Waals surface area contributed by atoms with Gasteiger partial charge in [0.15, 0.2) is 0 Å². The number of carbonyl (C=O) groups is 2. The molecule has 1 fully saturated rings. The topological polar surface area (TPSA) is 49.9 Å². The molecule has 1 aliphatic heterocycles. The Morgan fingerprint density at radius 1 is 1.10 bits per heavy atom. The van der Waals surface area contributed by atoms with Crippen molar-refractivity contribution in [3.8, 4) is 0 Å². The molecule has 5 nitrogen and oxygen atoms in total. The van der Waals surface area contributed by atoms with Crippen molar-refractivity contribution >= 4 is 11.9 Å². The van der Waals surface area contributed by atoms with Gasteiger partial charge in [0.25, 0.3) is 0 Å². The molecule has 0 bridgehead atoms. The van der Waals surface area contributed by atoms with Gasteiger partial charge in [-0.2, -0.15) is 0 Å². The molecule has 0 spiro atoms. The van der Waals surface area contributed by atoms with Crippen LogP contribution in [0.1, 0.15) is 34.6 Å². The maximum Gasteiger partial charge on any atom is 0.319 e. The SMILES string of the molecule is CCOC(=O)C(C(=O)N1CCN(CC)CC1)C(C)(C)C. The lowest BCUT2D eigenvalue weighted by Gasteiger charge is -2.38. The summed E-state index contributed by atoms with van der Waals surface area (Å²) in [4.78, 5) is 28.9. The minimum absolute atomic E-state index is 0.0910. The summed E-state index contributed by atoms with van der Waals surface area (Å²) < 4.78 is 5.09. The second-order valence-corrected chi connectivity index (χ2v) is 6.31. The van der Waals surface area contributed by atoms with Crippen molar-refractivity contribution in [2.45, 2.75) is 34.6 Å². The van der Waals surface area contributed by atoms with Gasteiger partial charge in [0.05, 0.1) is 6.61 Å². The zero-order chi connectivity index (χ0) is 15.3. The van der Waals surface area contributed by atoms with Crippen LogP contribution >= 0.6 is 0 Å². The summed E-state index contributed by atoms with van der Waals surface area (Å²) in [6.07, 6.45) is 0. The van der Waals surface area contributed by atoms with E-state index in [1.54, 1.807) is 11.8 Å². The average molecular weight is 284 g/mol. The monoisotopic (exact) mass is 284 g/mol. The fourth-order valence-electron chi connectivity index (χ4n) is 2.52. The fourth-order valence-corrected chi connectivity index (χ4v) is 2.52. The van der Waals surface area contributed by atoms with Crippen LogP contribution in [-0.2, 0) is 14.3 Å². The summed E-state index contributed by atoms with van der Waals surface area (Å²) in [5, 5.41) is 0. The van der Waals surface area contributed by atoms with Gasteiger partial charge in [0.1, 0.15) is 5.92 Å². The number of nitrogens with zero attached hydrogens (tertiary/aromatic N) is 2. The third-order valence-corrected chi connectivity index (χ3v) is 3.77. The molecule has 0 aromatic carbocycles. The molecule has 0 aromatic rings. The lowest BCUT2D eigenvalue weighted by atomic mass is 9.79. The molecule has 1 unspecified atom stereocenters. The van der Waals surface area contributed by atoms with Gasteiger partial charge < -0.3 is 14.5 Å². The number of piperazine rings is 1. The van der Waals surface area contributed by atoms with Crippen molar-refractivity contribution in [2.24, 2.45) is 11.3 Å². The van der Waals surface area contributed by atoms with Gasteiger partial charge in [0.2, 0.25) is 5.91 Å². The summed E-state index contributed by atoms with van der Waals surface area (Å²) in [7, 11) is 0. The van der Waals surface area contributed by atoms with Gasteiger partial charge in [0, 0.05) is 26.2 Å². The predicted molar refractivity (Wildman–Crippen MR) is 78.3 cm³/mol. The third-order valence-electron chi connectivity index (χ3n) is 3.77. The van der Waals surface area contributed by atoms with Gasteiger partial charge in [-0.1, -0.05) is 27.7 Å². The largest absolute Gasteiger partial charge is 0.465 e. The second-order valence-electron chi connectivity index (χ2n) is 6.31. The molecule has 1 amide bonds. The molecule has 1 aliphatic rings. The molecular formula is C15H28N2O3. The number of hydrogen-bond acceptors (Lipinski definition) is 4. The van der Waals surface area contributed by atoms with Crippen molar-refractivity contribution in [3.05, 3.63) is 0 Å². The lowest BCUT2D eigenvalue weighted by molar-refractivity contribution is -0.161. The minimum atomic E-state index is -0.712. The molecule has 1 rings (SSSR count). The Hall–Kier alpha value is -1.10. The maximum atomic E-state index is 12.7. The average Bonchev–Trinajstić information content (AvgIpc) is 2.37. The first-order valence-electron chi connectivity index (χ1n) is 7.49. The van der Waals surface area contributed by atoms with Crippen LogP contribution in [-0.4, -0.2) is 61.0 Å². The number of carbonyl (C=O) groups excluding carboxylic acids is 2. The van der Waals surface area contributed by atoms with Crippen LogP contribution < -0.4 is 0 Å². The van der Waals surface area contributed by atoms with Crippen LogP contribution in [0.15, 0.2) is 0 Å². The van der Waals surface area contributed by atoms with Crippen LogP contribution in [0, 0.1) is 11.3 Å². The zero-order valence-corrected chi connectivity index (χ0v) is 13.4. The molecule has 0 aromatic heterocycles. The van der Waals surface area contributed by atoms with Gasteiger partial charge in [-0.25, -0.2) is 0 Å². The predicted octanol–water partition coefficient (Wildman–Crippen LogP) is 1.38. The molecule has 0 N–H and O–H groups in total. The van der Waals surface area contributed by atoms with Crippen LogP contribution in [0.5, 0.6) is 0 Å². The normalized spacial score (nSPS) is 18.8. The molecule has 1 atom stereocenters. The minimum Gasteiger partial charge on any atom is -0.465 e. The Bertz CT molecular complexity index is 342. The number of amides is 1. The van der Waals surface area contributed by atoms with E-state index < -0.39 is 17.3 Å². The van der Waals surface area contributed by atoms with E-state index >= 15 is 0 Å². The highest BCUT2D eigenvalue weighted by Gasteiger charge is 2.41. The molecule has 1 heterocycles. The van der Waals surface area contributed by atoms with Crippen molar-refractivity contribution in [2.75, 3.05) is 39.3 Å². The Morgan fingerprint density at radius 3 is 2.05 bits per heavy atom. The molecular weight excluding hydrogens is 256 g/mol. The maximum absolute atomic E-state index is 12.7. The summed E-state index contributed by atoms with van der Waals surface area (Å²) >= 11 is 0. The van der Waals surface area contributed by atoms with E-state index in [1.165, 1.54) is 0 Å². The van der Waals surface area contributed by atoms with E-state index in [1.807, 2.05) is 20.8 Å². The van der Waals surface area contributed by atoms with Crippen LogP contribution in [0.2, 0.25) is 0 Å². The molecule has 116 valence electrons.